The first-order chi connectivity index (χ1) is 8.33. The molecule has 0 saturated heterocycles. The summed E-state index contributed by atoms with van der Waals surface area (Å²) >= 11 is 0. The standard InChI is InChI=1S/C8H17NO2.C7H15.2CH4.Y/c1-4-8(5-7(2)3)6-9(10)11;1-4-5-6-7(2)3;;;/h7-8H,4-6H2,1-3H3;5,7H,4,6H2,1-3H3;2*1H4;/q;-1;;;/t8-;;;;/m1..../s1. The third-order valence-electron chi connectivity index (χ3n) is 2.72. The minimum absolute atomic E-state index is 0. The van der Waals surface area contributed by atoms with Crippen LogP contribution in [0.25, 0.3) is 0 Å². The zero-order chi connectivity index (χ0) is 14.6. The fourth-order valence-electron chi connectivity index (χ4n) is 1.75. The monoisotopic (exact) mass is 379 g/mol. The summed E-state index contributed by atoms with van der Waals surface area (Å²) in [6, 6.07) is 0. The van der Waals surface area contributed by atoms with Crippen LogP contribution in [0.15, 0.2) is 0 Å². The normalized spacial score (nSPS) is 10.5. The summed E-state index contributed by atoms with van der Waals surface area (Å²) in [5, 5.41) is 10.2. The third kappa shape index (κ3) is 33.4. The van der Waals surface area contributed by atoms with Crippen LogP contribution in [0, 0.1) is 34.3 Å². The second-order valence-corrected chi connectivity index (χ2v) is 5.75. The molecule has 21 heavy (non-hydrogen) atoms. The average Bonchev–Trinajstić information content (AvgIpc) is 2.24. The maximum absolute atomic E-state index is 10.2. The molecule has 0 unspecified atom stereocenters. The van der Waals surface area contributed by atoms with Crippen LogP contribution in [-0.4, -0.2) is 11.5 Å². The van der Waals surface area contributed by atoms with Gasteiger partial charge in [-0.1, -0.05) is 62.3 Å². The smallest absolute Gasteiger partial charge is 0.206 e. The summed E-state index contributed by atoms with van der Waals surface area (Å²) in [6.07, 6.45) is 6.70. The summed E-state index contributed by atoms with van der Waals surface area (Å²) in [6.45, 7) is 13.0. The third-order valence-corrected chi connectivity index (χ3v) is 2.72. The Hall–Kier alpha value is 0.504. The second kappa shape index (κ2) is 22.8. The van der Waals surface area contributed by atoms with Crippen molar-refractivity contribution in [2.24, 2.45) is 17.8 Å². The van der Waals surface area contributed by atoms with Crippen molar-refractivity contribution in [3.8, 4) is 0 Å². The van der Waals surface area contributed by atoms with E-state index in [0.717, 1.165) is 18.8 Å². The van der Waals surface area contributed by atoms with E-state index in [0.29, 0.717) is 5.92 Å². The molecule has 0 rings (SSSR count). The Morgan fingerprint density at radius 1 is 1.05 bits per heavy atom. The molecule has 0 aromatic rings. The predicted octanol–water partition coefficient (Wildman–Crippen LogP) is 6.25. The van der Waals surface area contributed by atoms with Gasteiger partial charge in [-0.15, -0.1) is 0 Å². The minimum atomic E-state index is -0.212. The summed E-state index contributed by atoms with van der Waals surface area (Å²) in [4.78, 5) is 9.94. The minimum Gasteiger partial charge on any atom is -0.329 e. The number of nitro groups is 1. The molecule has 0 heterocycles. The van der Waals surface area contributed by atoms with E-state index in [2.05, 4.69) is 41.0 Å². The zero-order valence-corrected chi connectivity index (χ0v) is 16.5. The molecule has 0 aromatic heterocycles. The number of rotatable bonds is 8. The van der Waals surface area contributed by atoms with E-state index < -0.39 is 0 Å². The number of hydrogen-bond acceptors (Lipinski definition) is 2. The van der Waals surface area contributed by atoms with Gasteiger partial charge in [0.15, 0.2) is 0 Å². The Balaban J connectivity index is -0.0000000762. The molecule has 3 nitrogen and oxygen atoms in total. The van der Waals surface area contributed by atoms with Gasteiger partial charge >= 0.3 is 0 Å². The maximum Gasteiger partial charge on any atom is 0.206 e. The largest absolute Gasteiger partial charge is 0.329 e. The first-order valence-electron chi connectivity index (χ1n) is 7.26. The number of nitrogens with zero attached hydrogens (tertiary/aromatic N) is 1. The van der Waals surface area contributed by atoms with Crippen LogP contribution in [0.4, 0.5) is 0 Å². The quantitative estimate of drug-likeness (QED) is 0.284. The Labute approximate surface area is 160 Å². The molecule has 0 aliphatic heterocycles. The van der Waals surface area contributed by atoms with Gasteiger partial charge in [0.05, 0.1) is 0 Å². The molecule has 4 heteroatoms. The predicted molar refractivity (Wildman–Crippen MR) is 92.6 cm³/mol. The van der Waals surface area contributed by atoms with Gasteiger partial charge in [-0.3, -0.25) is 10.1 Å². The molecule has 0 aromatic carbocycles. The Morgan fingerprint density at radius 2 is 1.52 bits per heavy atom. The van der Waals surface area contributed by atoms with Crippen LogP contribution < -0.4 is 0 Å². The van der Waals surface area contributed by atoms with Gasteiger partial charge < -0.3 is 6.42 Å². The number of unbranched alkanes of at least 4 members (excludes halogenated alkanes) is 1. The van der Waals surface area contributed by atoms with Crippen LogP contribution >= 0.6 is 0 Å². The molecule has 0 fully saturated rings. The van der Waals surface area contributed by atoms with Crippen LogP contribution in [-0.2, 0) is 32.7 Å². The molecule has 0 aliphatic rings. The molecular formula is C17H40NO2Y-. The van der Waals surface area contributed by atoms with E-state index >= 15 is 0 Å². The molecule has 0 spiro atoms. The van der Waals surface area contributed by atoms with Gasteiger partial charge in [0.2, 0.25) is 6.54 Å². The Bertz CT molecular complexity index is 197. The van der Waals surface area contributed by atoms with Crippen molar-refractivity contribution in [3.05, 3.63) is 16.5 Å². The van der Waals surface area contributed by atoms with Gasteiger partial charge in [-0.05, 0) is 18.8 Å². The Morgan fingerprint density at radius 3 is 1.71 bits per heavy atom. The summed E-state index contributed by atoms with van der Waals surface area (Å²) in [5.74, 6) is 1.69. The van der Waals surface area contributed by atoms with Gasteiger partial charge in [0, 0.05) is 43.6 Å². The zero-order valence-electron chi connectivity index (χ0n) is 13.7. The van der Waals surface area contributed by atoms with E-state index in [1.54, 1.807) is 0 Å². The Kier molecular flexibility index (Phi) is 36.0. The molecule has 0 bridgehead atoms. The van der Waals surface area contributed by atoms with E-state index in [4.69, 9.17) is 0 Å². The van der Waals surface area contributed by atoms with Crippen molar-refractivity contribution >= 4 is 0 Å². The molecule has 129 valence electrons. The molecule has 0 aliphatic carbocycles. The van der Waals surface area contributed by atoms with E-state index in [1.165, 1.54) is 12.8 Å². The topological polar surface area (TPSA) is 43.1 Å². The SMILES string of the molecule is C.C.CC[C@H](CC(C)C)C[N+](=O)[O-].CC[CH-]CC(C)C.[Y]. The molecular weight excluding hydrogens is 339 g/mol. The first-order valence-corrected chi connectivity index (χ1v) is 7.26. The van der Waals surface area contributed by atoms with Crippen molar-refractivity contribution in [1.29, 1.82) is 0 Å². The fraction of sp³-hybridized carbons (Fsp3) is 0.941. The molecule has 1 atom stereocenters. The summed E-state index contributed by atoms with van der Waals surface area (Å²) in [5.41, 5.74) is 0. The van der Waals surface area contributed by atoms with Crippen molar-refractivity contribution in [1.82, 2.24) is 0 Å². The van der Waals surface area contributed by atoms with E-state index in [-0.39, 0.29) is 64.9 Å². The van der Waals surface area contributed by atoms with Gasteiger partial charge in [0.1, 0.15) is 0 Å². The summed E-state index contributed by atoms with van der Waals surface area (Å²) < 4.78 is 0. The molecule has 1 radical (unpaired) electrons. The number of hydrogen-bond donors (Lipinski definition) is 0. The van der Waals surface area contributed by atoms with Gasteiger partial charge in [0.25, 0.3) is 0 Å². The van der Waals surface area contributed by atoms with Crippen molar-refractivity contribution in [2.75, 3.05) is 6.54 Å². The average molecular weight is 379 g/mol. The maximum atomic E-state index is 10.2. The van der Waals surface area contributed by atoms with Gasteiger partial charge in [-0.2, -0.15) is 12.8 Å². The van der Waals surface area contributed by atoms with Gasteiger partial charge in [-0.25, -0.2) is 0 Å². The molecule has 0 amide bonds. The first kappa shape index (κ1) is 33.2. The van der Waals surface area contributed by atoms with Crippen molar-refractivity contribution < 1.29 is 37.6 Å². The second-order valence-electron chi connectivity index (χ2n) is 5.75. The van der Waals surface area contributed by atoms with Crippen LogP contribution in [0.2, 0.25) is 0 Å². The van der Waals surface area contributed by atoms with Crippen LogP contribution in [0.3, 0.4) is 0 Å². The van der Waals surface area contributed by atoms with Crippen LogP contribution in [0.5, 0.6) is 0 Å². The van der Waals surface area contributed by atoms with Crippen molar-refractivity contribution in [2.45, 2.75) is 82.1 Å². The van der Waals surface area contributed by atoms with Crippen LogP contribution in [0.1, 0.15) is 82.1 Å². The fourth-order valence-corrected chi connectivity index (χ4v) is 1.75. The summed E-state index contributed by atoms with van der Waals surface area (Å²) in [7, 11) is 0. The van der Waals surface area contributed by atoms with Crippen molar-refractivity contribution in [3.63, 3.8) is 0 Å². The molecule has 0 saturated carbocycles. The molecule has 0 N–H and O–H groups in total. The van der Waals surface area contributed by atoms with E-state index in [9.17, 15) is 10.1 Å². The van der Waals surface area contributed by atoms with E-state index in [1.807, 2.05) is 6.92 Å².